The average Bonchev–Trinajstić information content (AvgIpc) is 3.45. The first-order chi connectivity index (χ1) is 12.3. The van der Waals surface area contributed by atoms with Crippen LogP contribution in [0.2, 0.25) is 0 Å². The second-order valence-electron chi connectivity index (χ2n) is 6.19. The number of amides is 2. The van der Waals surface area contributed by atoms with E-state index in [0.29, 0.717) is 13.2 Å². The van der Waals surface area contributed by atoms with Crippen LogP contribution in [0.5, 0.6) is 11.5 Å². The molecule has 0 aromatic heterocycles. The Morgan fingerprint density at radius 1 is 1.00 bits per heavy atom. The normalized spacial score (nSPS) is 13.3. The number of benzene rings is 2. The third kappa shape index (κ3) is 6.47. The first kappa shape index (κ1) is 17.3. The van der Waals surface area contributed by atoms with Gasteiger partial charge in [-0.2, -0.15) is 0 Å². The van der Waals surface area contributed by atoms with Crippen molar-refractivity contribution in [2.24, 2.45) is 5.92 Å². The Balaban J connectivity index is 1.33. The van der Waals surface area contributed by atoms with E-state index < -0.39 is 0 Å². The molecule has 0 saturated heterocycles. The largest absolute Gasteiger partial charge is 0.457 e. The third-order valence-electron chi connectivity index (χ3n) is 3.89. The monoisotopic (exact) mass is 340 g/mol. The smallest absolute Gasteiger partial charge is 0.319 e. The summed E-state index contributed by atoms with van der Waals surface area (Å²) < 4.78 is 11.3. The summed E-state index contributed by atoms with van der Waals surface area (Å²) in [6, 6.07) is 16.7. The molecule has 1 aliphatic rings. The van der Waals surface area contributed by atoms with Gasteiger partial charge < -0.3 is 20.1 Å². The molecule has 2 aromatic rings. The SMILES string of the molecule is O=C(NCCCOCC1CC1)Nc1ccc(Oc2ccccc2)cc1. The molecule has 2 N–H and O–H groups in total. The van der Waals surface area contributed by atoms with Crippen molar-refractivity contribution in [2.45, 2.75) is 19.3 Å². The molecule has 0 unspecified atom stereocenters. The number of hydrogen-bond acceptors (Lipinski definition) is 3. The molecule has 0 atom stereocenters. The molecule has 2 aromatic carbocycles. The Morgan fingerprint density at radius 3 is 2.44 bits per heavy atom. The maximum Gasteiger partial charge on any atom is 0.319 e. The lowest BCUT2D eigenvalue weighted by molar-refractivity contribution is 0.122. The minimum Gasteiger partial charge on any atom is -0.457 e. The Kier molecular flexibility index (Phi) is 6.29. The van der Waals surface area contributed by atoms with E-state index in [1.165, 1.54) is 12.8 Å². The molecule has 1 aliphatic carbocycles. The molecule has 25 heavy (non-hydrogen) atoms. The van der Waals surface area contributed by atoms with Crippen molar-refractivity contribution >= 4 is 11.7 Å². The summed E-state index contributed by atoms with van der Waals surface area (Å²) in [4.78, 5) is 11.8. The highest BCUT2D eigenvalue weighted by Crippen LogP contribution is 2.28. The predicted molar refractivity (Wildman–Crippen MR) is 98.1 cm³/mol. The van der Waals surface area contributed by atoms with Gasteiger partial charge in [0.25, 0.3) is 0 Å². The van der Waals surface area contributed by atoms with Crippen LogP contribution in [0.15, 0.2) is 54.6 Å². The second kappa shape index (κ2) is 9.08. The van der Waals surface area contributed by atoms with Crippen molar-refractivity contribution in [3.63, 3.8) is 0 Å². The minimum absolute atomic E-state index is 0.209. The van der Waals surface area contributed by atoms with Crippen LogP contribution in [-0.4, -0.2) is 25.8 Å². The summed E-state index contributed by atoms with van der Waals surface area (Å²) in [5.41, 5.74) is 0.725. The predicted octanol–water partition coefficient (Wildman–Crippen LogP) is 4.42. The van der Waals surface area contributed by atoms with Crippen molar-refractivity contribution in [1.82, 2.24) is 5.32 Å². The molecule has 0 spiro atoms. The van der Waals surface area contributed by atoms with Crippen molar-refractivity contribution in [3.8, 4) is 11.5 Å². The molecule has 5 heteroatoms. The molecule has 0 bridgehead atoms. The highest BCUT2D eigenvalue weighted by Gasteiger charge is 2.20. The van der Waals surface area contributed by atoms with Crippen molar-refractivity contribution in [1.29, 1.82) is 0 Å². The molecule has 5 nitrogen and oxygen atoms in total. The molecule has 1 fully saturated rings. The molecule has 0 aliphatic heterocycles. The van der Waals surface area contributed by atoms with E-state index in [-0.39, 0.29) is 6.03 Å². The fraction of sp³-hybridized carbons (Fsp3) is 0.350. The van der Waals surface area contributed by atoms with Gasteiger partial charge in [-0.05, 0) is 61.6 Å². The minimum atomic E-state index is -0.209. The summed E-state index contributed by atoms with van der Waals surface area (Å²) in [6.45, 7) is 2.16. The number of para-hydroxylation sites is 1. The zero-order valence-electron chi connectivity index (χ0n) is 14.2. The molecule has 132 valence electrons. The first-order valence-electron chi connectivity index (χ1n) is 8.75. The Labute approximate surface area is 148 Å². The van der Waals surface area contributed by atoms with Crippen molar-refractivity contribution in [2.75, 3.05) is 25.1 Å². The quantitative estimate of drug-likeness (QED) is 0.665. The van der Waals surface area contributed by atoms with E-state index in [2.05, 4.69) is 10.6 Å². The Bertz CT molecular complexity index is 654. The van der Waals surface area contributed by atoms with Crippen LogP contribution < -0.4 is 15.4 Å². The fourth-order valence-corrected chi connectivity index (χ4v) is 2.32. The van der Waals surface area contributed by atoms with Gasteiger partial charge in [0.1, 0.15) is 11.5 Å². The summed E-state index contributed by atoms with van der Waals surface area (Å²) in [5, 5.41) is 5.63. The molecule has 3 rings (SSSR count). The molecular weight excluding hydrogens is 316 g/mol. The van der Waals surface area contributed by atoms with Crippen molar-refractivity contribution in [3.05, 3.63) is 54.6 Å². The van der Waals surface area contributed by atoms with Crippen LogP contribution in [0.1, 0.15) is 19.3 Å². The van der Waals surface area contributed by atoms with Gasteiger partial charge in [-0.25, -0.2) is 4.79 Å². The average molecular weight is 340 g/mol. The van der Waals surface area contributed by atoms with E-state index in [4.69, 9.17) is 9.47 Å². The van der Waals surface area contributed by atoms with E-state index in [1.807, 2.05) is 54.6 Å². The van der Waals surface area contributed by atoms with Gasteiger partial charge >= 0.3 is 6.03 Å². The van der Waals surface area contributed by atoms with Crippen LogP contribution in [0.3, 0.4) is 0 Å². The summed E-state index contributed by atoms with van der Waals surface area (Å²) >= 11 is 0. The number of nitrogens with one attached hydrogen (secondary N) is 2. The van der Waals surface area contributed by atoms with Gasteiger partial charge in [-0.15, -0.1) is 0 Å². The molecule has 2 amide bonds. The van der Waals surface area contributed by atoms with Crippen LogP contribution in [0, 0.1) is 5.92 Å². The van der Waals surface area contributed by atoms with Gasteiger partial charge in [-0.1, -0.05) is 18.2 Å². The standard InChI is InChI=1S/C20H24N2O3/c23-20(21-13-4-14-24-15-16-7-8-16)22-17-9-11-19(12-10-17)25-18-5-2-1-3-6-18/h1-3,5-6,9-12,16H,4,7-8,13-15H2,(H2,21,22,23). The Morgan fingerprint density at radius 2 is 1.72 bits per heavy atom. The zero-order valence-corrected chi connectivity index (χ0v) is 14.2. The highest BCUT2D eigenvalue weighted by atomic mass is 16.5. The lowest BCUT2D eigenvalue weighted by Gasteiger charge is -2.09. The van der Waals surface area contributed by atoms with Crippen LogP contribution in [0.4, 0.5) is 10.5 Å². The van der Waals surface area contributed by atoms with Crippen LogP contribution >= 0.6 is 0 Å². The van der Waals surface area contributed by atoms with Gasteiger partial charge in [0.05, 0.1) is 0 Å². The highest BCUT2D eigenvalue weighted by molar-refractivity contribution is 5.89. The number of hydrogen-bond donors (Lipinski definition) is 2. The van der Waals surface area contributed by atoms with Gasteiger partial charge in [-0.3, -0.25) is 0 Å². The first-order valence-corrected chi connectivity index (χ1v) is 8.75. The summed E-state index contributed by atoms with van der Waals surface area (Å²) in [6.07, 6.45) is 3.43. The maximum atomic E-state index is 11.8. The van der Waals surface area contributed by atoms with Gasteiger partial charge in [0.2, 0.25) is 0 Å². The summed E-state index contributed by atoms with van der Waals surface area (Å²) in [7, 11) is 0. The van der Waals surface area contributed by atoms with Crippen LogP contribution in [0.25, 0.3) is 0 Å². The third-order valence-corrected chi connectivity index (χ3v) is 3.89. The number of carbonyl (C=O) groups is 1. The zero-order chi connectivity index (χ0) is 17.3. The van der Waals surface area contributed by atoms with E-state index in [1.54, 1.807) is 0 Å². The number of carbonyl (C=O) groups excluding carboxylic acids is 1. The molecule has 0 heterocycles. The van der Waals surface area contributed by atoms with E-state index in [9.17, 15) is 4.79 Å². The molecular formula is C20H24N2O3. The number of urea groups is 1. The van der Waals surface area contributed by atoms with Gasteiger partial charge in [0, 0.05) is 25.4 Å². The molecule has 1 saturated carbocycles. The fourth-order valence-electron chi connectivity index (χ4n) is 2.32. The number of rotatable bonds is 9. The van der Waals surface area contributed by atoms with E-state index >= 15 is 0 Å². The van der Waals surface area contributed by atoms with E-state index in [0.717, 1.165) is 36.1 Å². The van der Waals surface area contributed by atoms with Crippen molar-refractivity contribution < 1.29 is 14.3 Å². The lowest BCUT2D eigenvalue weighted by atomic mass is 10.3. The maximum absolute atomic E-state index is 11.8. The van der Waals surface area contributed by atoms with Gasteiger partial charge in [0.15, 0.2) is 0 Å². The lowest BCUT2D eigenvalue weighted by Crippen LogP contribution is -2.30. The second-order valence-corrected chi connectivity index (χ2v) is 6.19. The topological polar surface area (TPSA) is 59.6 Å². The van der Waals surface area contributed by atoms with Crippen LogP contribution in [-0.2, 0) is 4.74 Å². The number of ether oxygens (including phenoxy) is 2. The number of anilines is 1. The Hall–Kier alpha value is -2.53. The molecule has 0 radical (unpaired) electrons. The summed E-state index contributed by atoms with van der Waals surface area (Å²) in [5.74, 6) is 2.29.